The first-order valence-electron chi connectivity index (χ1n) is 14.3. The van der Waals surface area contributed by atoms with Crippen LogP contribution in [-0.2, 0) is 20.2 Å². The quantitative estimate of drug-likeness (QED) is 0.287. The highest BCUT2D eigenvalue weighted by molar-refractivity contribution is 7.86. The summed E-state index contributed by atoms with van der Waals surface area (Å²) in [6.07, 6.45) is 0. The van der Waals surface area contributed by atoms with Crippen molar-refractivity contribution in [1.82, 2.24) is 15.1 Å². The van der Waals surface area contributed by atoms with Gasteiger partial charge in [-0.2, -0.15) is 16.8 Å². The molecule has 3 heterocycles. The normalized spacial score (nSPS) is 18.1. The first-order chi connectivity index (χ1) is 20.8. The third-order valence-electron chi connectivity index (χ3n) is 7.69. The Labute approximate surface area is 259 Å². The van der Waals surface area contributed by atoms with Gasteiger partial charge < -0.3 is 9.80 Å². The molecule has 2 atom stereocenters. The van der Waals surface area contributed by atoms with Crippen molar-refractivity contribution < 1.29 is 25.9 Å². The summed E-state index contributed by atoms with van der Waals surface area (Å²) in [7, 11) is -8.04. The molecule has 234 valence electrons. The highest BCUT2D eigenvalue weighted by atomic mass is 32.2. The minimum atomic E-state index is -4.02. The minimum absolute atomic E-state index is 0.0666. The smallest absolute Gasteiger partial charge is 0.294 e. The fourth-order valence-electron chi connectivity index (χ4n) is 5.21. The lowest BCUT2D eigenvalue weighted by molar-refractivity contribution is 0.334. The summed E-state index contributed by atoms with van der Waals surface area (Å²) in [5.41, 5.74) is 3.98. The van der Waals surface area contributed by atoms with E-state index < -0.39 is 20.2 Å². The summed E-state index contributed by atoms with van der Waals surface area (Å²) in [5.74, 6) is 2.63. The molecule has 1 aromatic heterocycles. The molecule has 0 radical (unpaired) electrons. The molecule has 2 fully saturated rings. The average Bonchev–Trinajstić information content (AvgIpc) is 3.58. The van der Waals surface area contributed by atoms with Gasteiger partial charge in [-0.05, 0) is 68.6 Å². The number of hydrogen-bond acceptors (Lipinski definition) is 8. The lowest BCUT2D eigenvalue weighted by Gasteiger charge is -2.21. The molecule has 2 aliphatic heterocycles. The van der Waals surface area contributed by atoms with E-state index in [4.69, 9.17) is 9.11 Å². The van der Waals surface area contributed by atoms with Gasteiger partial charge in [0.2, 0.25) is 0 Å². The van der Waals surface area contributed by atoms with E-state index in [2.05, 4.69) is 51.2 Å². The molecule has 12 heteroatoms. The SMILES string of the molecule is CCN1CC2CN(c3ccc(-c4ccccc4)nn3)CC2C1.Cc1ccc(S(=O)(=O)O)cc1.Cc1ccc(S(=O)(=O)O)cc1. The number of hydrogen-bond donors (Lipinski definition) is 2. The molecule has 44 heavy (non-hydrogen) atoms. The van der Waals surface area contributed by atoms with Crippen molar-refractivity contribution in [3.8, 4) is 11.3 Å². The van der Waals surface area contributed by atoms with Crippen molar-refractivity contribution in [3.63, 3.8) is 0 Å². The molecular weight excluding hydrogens is 601 g/mol. The third-order valence-corrected chi connectivity index (χ3v) is 9.43. The van der Waals surface area contributed by atoms with E-state index in [1.54, 1.807) is 24.3 Å². The molecule has 3 aromatic carbocycles. The van der Waals surface area contributed by atoms with Crippen molar-refractivity contribution in [1.29, 1.82) is 0 Å². The van der Waals surface area contributed by atoms with Gasteiger partial charge in [0.1, 0.15) is 0 Å². The maximum Gasteiger partial charge on any atom is 0.294 e. The summed E-state index contributed by atoms with van der Waals surface area (Å²) in [6.45, 7) is 11.9. The van der Waals surface area contributed by atoms with Crippen LogP contribution in [0.5, 0.6) is 0 Å². The van der Waals surface area contributed by atoms with Crippen LogP contribution in [0.3, 0.4) is 0 Å². The molecule has 4 aromatic rings. The standard InChI is InChI=1S/C18H22N4.2C7H8O3S/c1-2-21-10-15-12-22(13-16(15)11-21)18-9-8-17(19-20-18)14-6-4-3-5-7-14;2*1-6-2-4-7(5-3-6)11(8,9)10/h3-9,15-16H,2,10-13H2,1H3;2*2-5H,1H3,(H,8,9,10). The molecule has 6 rings (SSSR count). The van der Waals surface area contributed by atoms with E-state index in [-0.39, 0.29) is 9.79 Å². The van der Waals surface area contributed by atoms with E-state index in [1.807, 2.05) is 32.0 Å². The summed E-state index contributed by atoms with van der Waals surface area (Å²) >= 11 is 0. The van der Waals surface area contributed by atoms with Crippen LogP contribution in [0, 0.1) is 25.7 Å². The Morgan fingerprint density at radius 3 is 1.52 bits per heavy atom. The number of aryl methyl sites for hydroxylation is 2. The Morgan fingerprint density at radius 2 is 1.14 bits per heavy atom. The Balaban J connectivity index is 0.000000169. The first kappa shape index (κ1) is 33.2. The van der Waals surface area contributed by atoms with E-state index >= 15 is 0 Å². The summed E-state index contributed by atoms with van der Waals surface area (Å²) in [6, 6.07) is 26.4. The van der Waals surface area contributed by atoms with Crippen molar-refractivity contribution in [3.05, 3.63) is 102 Å². The number of nitrogens with zero attached hydrogens (tertiary/aromatic N) is 4. The van der Waals surface area contributed by atoms with Crippen LogP contribution in [0.4, 0.5) is 5.82 Å². The molecule has 2 N–H and O–H groups in total. The van der Waals surface area contributed by atoms with Crippen LogP contribution >= 0.6 is 0 Å². The van der Waals surface area contributed by atoms with Crippen LogP contribution < -0.4 is 4.90 Å². The topological polar surface area (TPSA) is 141 Å². The van der Waals surface area contributed by atoms with E-state index in [1.165, 1.54) is 43.9 Å². The van der Waals surface area contributed by atoms with Gasteiger partial charge in [0.15, 0.2) is 5.82 Å². The first-order valence-corrected chi connectivity index (χ1v) is 17.2. The molecule has 0 spiro atoms. The maximum atomic E-state index is 10.5. The maximum absolute atomic E-state index is 10.5. The van der Waals surface area contributed by atoms with E-state index in [9.17, 15) is 16.8 Å². The molecule has 0 amide bonds. The van der Waals surface area contributed by atoms with Crippen molar-refractivity contribution in [2.45, 2.75) is 30.6 Å². The molecule has 2 saturated heterocycles. The number of benzene rings is 3. The van der Waals surface area contributed by atoms with Crippen LogP contribution in [0.1, 0.15) is 18.1 Å². The number of rotatable bonds is 5. The third kappa shape index (κ3) is 9.16. The van der Waals surface area contributed by atoms with Gasteiger partial charge in [0, 0.05) is 31.7 Å². The summed E-state index contributed by atoms with van der Waals surface area (Å²) in [5, 5.41) is 8.88. The molecule has 0 saturated carbocycles. The fourth-order valence-corrected chi connectivity index (χ4v) is 6.17. The zero-order valence-corrected chi connectivity index (χ0v) is 26.6. The van der Waals surface area contributed by atoms with Crippen LogP contribution in [0.25, 0.3) is 11.3 Å². The second-order valence-corrected chi connectivity index (χ2v) is 13.8. The number of likely N-dealkylation sites (tertiary alicyclic amines) is 1. The fraction of sp³-hybridized carbons (Fsp3) is 0.312. The molecule has 0 aliphatic carbocycles. The van der Waals surface area contributed by atoms with Gasteiger partial charge in [-0.1, -0.05) is 72.6 Å². The predicted molar refractivity (Wildman–Crippen MR) is 171 cm³/mol. The average molecular weight is 639 g/mol. The zero-order valence-electron chi connectivity index (χ0n) is 25.0. The molecule has 2 aliphatic rings. The highest BCUT2D eigenvalue weighted by Gasteiger charge is 2.39. The van der Waals surface area contributed by atoms with Crippen LogP contribution in [0.15, 0.2) is 101 Å². The highest BCUT2D eigenvalue weighted by Crippen LogP contribution is 2.33. The molecule has 2 unspecified atom stereocenters. The summed E-state index contributed by atoms with van der Waals surface area (Å²) in [4.78, 5) is 4.84. The van der Waals surface area contributed by atoms with Gasteiger partial charge in [0.05, 0.1) is 15.5 Å². The monoisotopic (exact) mass is 638 g/mol. The Hall–Kier alpha value is -3.68. The van der Waals surface area contributed by atoms with Gasteiger partial charge in [-0.15, -0.1) is 10.2 Å². The van der Waals surface area contributed by atoms with Gasteiger partial charge in [0.25, 0.3) is 20.2 Å². The van der Waals surface area contributed by atoms with Crippen LogP contribution in [-0.4, -0.2) is 73.8 Å². The zero-order chi connectivity index (χ0) is 31.9. The number of fused-ring (bicyclic) bond motifs is 1. The van der Waals surface area contributed by atoms with Crippen molar-refractivity contribution in [2.75, 3.05) is 37.6 Å². The van der Waals surface area contributed by atoms with Gasteiger partial charge >= 0.3 is 0 Å². The second-order valence-electron chi connectivity index (χ2n) is 11.0. The lowest BCUT2D eigenvalue weighted by atomic mass is 10.0. The lowest BCUT2D eigenvalue weighted by Crippen LogP contribution is -2.29. The van der Waals surface area contributed by atoms with Crippen LogP contribution in [0.2, 0.25) is 0 Å². The number of anilines is 1. The van der Waals surface area contributed by atoms with E-state index in [0.29, 0.717) is 0 Å². The van der Waals surface area contributed by atoms with Gasteiger partial charge in [-0.3, -0.25) is 9.11 Å². The number of aromatic nitrogens is 2. The minimum Gasteiger partial charge on any atom is -0.354 e. The predicted octanol–water partition coefficient (Wildman–Crippen LogP) is 5.01. The van der Waals surface area contributed by atoms with E-state index in [0.717, 1.165) is 53.1 Å². The summed E-state index contributed by atoms with van der Waals surface area (Å²) < 4.78 is 59.1. The molecule has 10 nitrogen and oxygen atoms in total. The van der Waals surface area contributed by atoms with Gasteiger partial charge in [-0.25, -0.2) is 0 Å². The van der Waals surface area contributed by atoms with Crippen molar-refractivity contribution in [2.24, 2.45) is 11.8 Å². The Kier molecular flexibility index (Phi) is 10.9. The van der Waals surface area contributed by atoms with Crippen molar-refractivity contribution >= 4 is 26.1 Å². The molecular formula is C32H38N4O6S2. The second kappa shape index (κ2) is 14.4. The molecule has 0 bridgehead atoms. The Morgan fingerprint density at radius 1 is 0.659 bits per heavy atom. The Bertz CT molecular complexity index is 1630. The largest absolute Gasteiger partial charge is 0.354 e.